The highest BCUT2D eigenvalue weighted by molar-refractivity contribution is 6.00. The number of amides is 1. The van der Waals surface area contributed by atoms with Gasteiger partial charge in [0.05, 0.1) is 12.7 Å². The Morgan fingerprint density at radius 3 is 2.64 bits per heavy atom. The highest BCUT2D eigenvalue weighted by Crippen LogP contribution is 2.30. The van der Waals surface area contributed by atoms with Crippen molar-refractivity contribution in [2.24, 2.45) is 7.05 Å². The van der Waals surface area contributed by atoms with E-state index >= 15 is 0 Å². The molecule has 0 aliphatic rings. The van der Waals surface area contributed by atoms with Crippen LogP contribution in [0.2, 0.25) is 0 Å². The van der Waals surface area contributed by atoms with Crippen LogP contribution in [0.25, 0.3) is 11.0 Å². The Hall–Kier alpha value is -2.63. The van der Waals surface area contributed by atoms with Gasteiger partial charge in [-0.3, -0.25) is 4.79 Å². The molecule has 2 aromatic heterocycles. The molecule has 6 nitrogen and oxygen atoms in total. The summed E-state index contributed by atoms with van der Waals surface area (Å²) in [6, 6.07) is 4.04. The largest absolute Gasteiger partial charge is 0.450 e. The summed E-state index contributed by atoms with van der Waals surface area (Å²) in [6.45, 7) is 6.23. The van der Waals surface area contributed by atoms with Crippen molar-refractivity contribution in [3.8, 4) is 0 Å². The monoisotopic (exact) mass is 298 g/mol. The van der Waals surface area contributed by atoms with Crippen LogP contribution in [0.5, 0.6) is 0 Å². The van der Waals surface area contributed by atoms with Gasteiger partial charge in [-0.15, -0.1) is 0 Å². The first kappa shape index (κ1) is 14.3. The first-order valence-corrected chi connectivity index (χ1v) is 7.10. The van der Waals surface area contributed by atoms with Crippen LogP contribution >= 0.6 is 0 Å². The number of carbonyl (C=O) groups excluding carboxylic acids is 1. The highest BCUT2D eigenvalue weighted by Gasteiger charge is 2.19. The molecule has 0 fully saturated rings. The van der Waals surface area contributed by atoms with Gasteiger partial charge in [0, 0.05) is 18.0 Å². The van der Waals surface area contributed by atoms with Gasteiger partial charge in [0.15, 0.2) is 5.76 Å². The molecule has 1 amide bonds. The molecule has 0 aliphatic carbocycles. The molecule has 0 aliphatic heterocycles. The number of benzene rings is 1. The molecule has 6 heteroatoms. The second-order valence-electron chi connectivity index (χ2n) is 5.47. The third-order valence-electron chi connectivity index (χ3n) is 3.77. The van der Waals surface area contributed by atoms with E-state index in [2.05, 4.69) is 15.5 Å². The van der Waals surface area contributed by atoms with E-state index in [4.69, 9.17) is 4.42 Å². The summed E-state index contributed by atoms with van der Waals surface area (Å²) >= 11 is 0. The first-order chi connectivity index (χ1) is 10.5. The van der Waals surface area contributed by atoms with Crippen LogP contribution in [-0.4, -0.2) is 20.9 Å². The Morgan fingerprint density at radius 1 is 1.27 bits per heavy atom. The van der Waals surface area contributed by atoms with Crippen molar-refractivity contribution in [3.05, 3.63) is 46.5 Å². The molecular formula is C16H18N4O2. The van der Waals surface area contributed by atoms with Crippen LogP contribution in [0, 0.1) is 20.8 Å². The molecule has 0 unspecified atom stereocenters. The van der Waals surface area contributed by atoms with E-state index in [-0.39, 0.29) is 5.91 Å². The van der Waals surface area contributed by atoms with Gasteiger partial charge in [-0.25, -0.2) is 0 Å². The van der Waals surface area contributed by atoms with E-state index < -0.39 is 0 Å². The van der Waals surface area contributed by atoms with Crippen LogP contribution in [0.4, 0.5) is 0 Å². The van der Waals surface area contributed by atoms with Gasteiger partial charge in [0.25, 0.3) is 5.91 Å². The minimum Gasteiger partial charge on any atom is -0.450 e. The van der Waals surface area contributed by atoms with Crippen molar-refractivity contribution in [2.75, 3.05) is 0 Å². The summed E-state index contributed by atoms with van der Waals surface area (Å²) < 4.78 is 5.81. The SMILES string of the molecule is Cc1ccc(C)c2c(C)c(C(=O)NCc3cnn(C)n3)oc12. The lowest BCUT2D eigenvalue weighted by molar-refractivity contribution is 0.0924. The molecular weight excluding hydrogens is 280 g/mol. The summed E-state index contributed by atoms with van der Waals surface area (Å²) in [5.41, 5.74) is 4.48. The lowest BCUT2D eigenvalue weighted by Gasteiger charge is -2.01. The smallest absolute Gasteiger partial charge is 0.287 e. The number of nitrogens with one attached hydrogen (secondary N) is 1. The zero-order valence-electron chi connectivity index (χ0n) is 13.1. The number of hydrogen-bond donors (Lipinski definition) is 1. The van der Waals surface area contributed by atoms with Crippen molar-refractivity contribution in [2.45, 2.75) is 27.3 Å². The van der Waals surface area contributed by atoms with E-state index in [1.54, 1.807) is 13.2 Å². The van der Waals surface area contributed by atoms with E-state index in [1.807, 2.05) is 32.9 Å². The molecule has 0 saturated heterocycles. The highest BCUT2D eigenvalue weighted by atomic mass is 16.3. The molecule has 0 spiro atoms. The van der Waals surface area contributed by atoms with Crippen molar-refractivity contribution in [3.63, 3.8) is 0 Å². The molecule has 1 N–H and O–H groups in total. The van der Waals surface area contributed by atoms with Crippen LogP contribution < -0.4 is 5.32 Å². The van der Waals surface area contributed by atoms with Gasteiger partial charge < -0.3 is 9.73 Å². The Labute approximate surface area is 128 Å². The predicted octanol–water partition coefficient (Wildman–Crippen LogP) is 2.42. The van der Waals surface area contributed by atoms with Gasteiger partial charge in [-0.05, 0) is 31.9 Å². The molecule has 22 heavy (non-hydrogen) atoms. The average Bonchev–Trinajstić information content (AvgIpc) is 3.05. The zero-order chi connectivity index (χ0) is 15.9. The average molecular weight is 298 g/mol. The fraction of sp³-hybridized carbons (Fsp3) is 0.312. The number of aryl methyl sites for hydroxylation is 4. The fourth-order valence-corrected chi connectivity index (χ4v) is 2.61. The van der Waals surface area contributed by atoms with E-state index in [1.165, 1.54) is 4.80 Å². The van der Waals surface area contributed by atoms with Gasteiger partial charge in [0.1, 0.15) is 11.3 Å². The van der Waals surface area contributed by atoms with Crippen LogP contribution in [0.15, 0.2) is 22.7 Å². The Balaban J connectivity index is 1.89. The standard InChI is InChI=1S/C16H18N4O2/c1-9-5-6-10(2)14-13(9)11(3)15(22-14)16(21)17-7-12-8-18-20(4)19-12/h5-6,8H,7H2,1-4H3,(H,17,21). The van der Waals surface area contributed by atoms with Crippen LogP contribution in [-0.2, 0) is 13.6 Å². The maximum Gasteiger partial charge on any atom is 0.287 e. The van der Waals surface area contributed by atoms with Crippen LogP contribution in [0.3, 0.4) is 0 Å². The quantitative estimate of drug-likeness (QED) is 0.806. The molecule has 0 atom stereocenters. The minimum absolute atomic E-state index is 0.238. The molecule has 3 aromatic rings. The second-order valence-corrected chi connectivity index (χ2v) is 5.47. The van der Waals surface area contributed by atoms with Gasteiger partial charge in [-0.2, -0.15) is 15.0 Å². The number of furan rings is 1. The number of hydrogen-bond acceptors (Lipinski definition) is 4. The summed E-state index contributed by atoms with van der Waals surface area (Å²) in [4.78, 5) is 13.8. The van der Waals surface area contributed by atoms with Crippen LogP contribution in [0.1, 0.15) is 32.9 Å². The maximum absolute atomic E-state index is 12.4. The molecule has 0 radical (unpaired) electrons. The number of aromatic nitrogens is 3. The third-order valence-corrected chi connectivity index (χ3v) is 3.77. The summed E-state index contributed by atoms with van der Waals surface area (Å²) in [7, 11) is 1.74. The molecule has 0 saturated carbocycles. The number of fused-ring (bicyclic) bond motifs is 1. The summed E-state index contributed by atoms with van der Waals surface area (Å²) in [6.07, 6.45) is 1.63. The zero-order valence-corrected chi connectivity index (χ0v) is 13.1. The lowest BCUT2D eigenvalue weighted by Crippen LogP contribution is -2.23. The van der Waals surface area contributed by atoms with Crippen molar-refractivity contribution in [1.29, 1.82) is 0 Å². The molecule has 1 aromatic carbocycles. The van der Waals surface area contributed by atoms with Crippen molar-refractivity contribution in [1.82, 2.24) is 20.3 Å². The fourth-order valence-electron chi connectivity index (χ4n) is 2.61. The van der Waals surface area contributed by atoms with Gasteiger partial charge in [0.2, 0.25) is 0 Å². The molecule has 2 heterocycles. The Morgan fingerprint density at radius 2 is 2.00 bits per heavy atom. The maximum atomic E-state index is 12.4. The minimum atomic E-state index is -0.238. The predicted molar refractivity (Wildman–Crippen MR) is 82.6 cm³/mol. The third kappa shape index (κ3) is 2.36. The van der Waals surface area contributed by atoms with Gasteiger partial charge in [-0.1, -0.05) is 12.1 Å². The number of rotatable bonds is 3. The molecule has 3 rings (SSSR count). The summed E-state index contributed by atoms with van der Waals surface area (Å²) in [5, 5.41) is 11.9. The first-order valence-electron chi connectivity index (χ1n) is 7.10. The molecule has 114 valence electrons. The number of carbonyl (C=O) groups is 1. The Bertz CT molecular complexity index is 861. The molecule has 0 bridgehead atoms. The summed E-state index contributed by atoms with van der Waals surface area (Å²) in [5.74, 6) is 0.120. The normalized spacial score (nSPS) is 11.1. The van der Waals surface area contributed by atoms with Crippen molar-refractivity contribution >= 4 is 16.9 Å². The topological polar surface area (TPSA) is 73.0 Å². The van der Waals surface area contributed by atoms with E-state index in [0.717, 1.165) is 27.7 Å². The lowest BCUT2D eigenvalue weighted by atomic mass is 10.0. The second kappa shape index (κ2) is 5.29. The van der Waals surface area contributed by atoms with E-state index in [0.29, 0.717) is 18.0 Å². The number of nitrogens with zero attached hydrogens (tertiary/aromatic N) is 3. The van der Waals surface area contributed by atoms with Gasteiger partial charge >= 0.3 is 0 Å². The van der Waals surface area contributed by atoms with E-state index in [9.17, 15) is 4.79 Å². The van der Waals surface area contributed by atoms with Crippen molar-refractivity contribution < 1.29 is 9.21 Å². The Kier molecular flexibility index (Phi) is 3.44.